The summed E-state index contributed by atoms with van der Waals surface area (Å²) in [5, 5.41) is 0. The Labute approximate surface area is 82.5 Å². The lowest BCUT2D eigenvalue weighted by atomic mass is 9.91. The summed E-state index contributed by atoms with van der Waals surface area (Å²) in [5.74, 6) is 0.865. The van der Waals surface area contributed by atoms with Gasteiger partial charge in [-0.05, 0) is 31.7 Å². The van der Waals surface area contributed by atoms with Crippen molar-refractivity contribution in [2.45, 2.75) is 45.6 Å². The highest BCUT2D eigenvalue weighted by Crippen LogP contribution is 2.29. The van der Waals surface area contributed by atoms with Gasteiger partial charge in [-0.2, -0.15) is 0 Å². The zero-order valence-corrected chi connectivity index (χ0v) is 9.34. The van der Waals surface area contributed by atoms with Gasteiger partial charge in [-0.15, -0.1) is 0 Å². The van der Waals surface area contributed by atoms with Gasteiger partial charge < -0.3 is 5.73 Å². The highest BCUT2D eigenvalue weighted by atomic mass is 15.2. The van der Waals surface area contributed by atoms with E-state index in [0.29, 0.717) is 5.54 Å². The number of nitrogens with zero attached hydrogens (tertiary/aromatic N) is 1. The summed E-state index contributed by atoms with van der Waals surface area (Å²) in [4.78, 5) is 2.61. The minimum atomic E-state index is 0.296. The number of rotatable bonds is 4. The maximum Gasteiger partial charge on any atom is 0.0326 e. The molecule has 2 nitrogen and oxygen atoms in total. The molecule has 1 unspecified atom stereocenters. The molecule has 1 atom stereocenters. The molecule has 1 aliphatic heterocycles. The molecule has 1 fully saturated rings. The minimum Gasteiger partial charge on any atom is -0.329 e. The van der Waals surface area contributed by atoms with E-state index in [1.807, 2.05) is 0 Å². The average molecular weight is 184 g/mol. The molecule has 1 heterocycles. The van der Waals surface area contributed by atoms with Gasteiger partial charge >= 0.3 is 0 Å². The van der Waals surface area contributed by atoms with Gasteiger partial charge in [0, 0.05) is 18.6 Å². The van der Waals surface area contributed by atoms with E-state index in [0.717, 1.165) is 12.5 Å². The fraction of sp³-hybridized carbons (Fsp3) is 1.00. The van der Waals surface area contributed by atoms with Crippen LogP contribution in [0.5, 0.6) is 0 Å². The number of hydrogen-bond acceptors (Lipinski definition) is 2. The van der Waals surface area contributed by atoms with E-state index < -0.39 is 0 Å². The molecule has 0 aliphatic carbocycles. The number of likely N-dealkylation sites (tertiary alicyclic amines) is 1. The Morgan fingerprint density at radius 2 is 2.00 bits per heavy atom. The van der Waals surface area contributed by atoms with Gasteiger partial charge in [0.1, 0.15) is 0 Å². The van der Waals surface area contributed by atoms with E-state index in [-0.39, 0.29) is 0 Å². The molecular formula is C11H24N2. The maximum atomic E-state index is 5.91. The van der Waals surface area contributed by atoms with Crippen LogP contribution >= 0.6 is 0 Å². The molecule has 0 amide bonds. The van der Waals surface area contributed by atoms with Crippen LogP contribution in [0.15, 0.2) is 0 Å². The molecule has 2 heteroatoms. The second-order valence-electron chi connectivity index (χ2n) is 4.48. The normalized spacial score (nSPS) is 25.4. The van der Waals surface area contributed by atoms with Crippen molar-refractivity contribution in [1.29, 1.82) is 0 Å². The molecule has 13 heavy (non-hydrogen) atoms. The molecule has 0 saturated carbocycles. The third-order valence-electron chi connectivity index (χ3n) is 3.79. The van der Waals surface area contributed by atoms with Crippen LogP contribution in [0, 0.1) is 5.92 Å². The molecule has 0 radical (unpaired) electrons. The first-order valence-electron chi connectivity index (χ1n) is 5.63. The third-order valence-corrected chi connectivity index (χ3v) is 3.79. The quantitative estimate of drug-likeness (QED) is 0.722. The van der Waals surface area contributed by atoms with Gasteiger partial charge in [-0.1, -0.05) is 20.8 Å². The summed E-state index contributed by atoms with van der Waals surface area (Å²) in [5.41, 5.74) is 6.21. The van der Waals surface area contributed by atoms with Crippen LogP contribution in [0.1, 0.15) is 40.0 Å². The van der Waals surface area contributed by atoms with Crippen molar-refractivity contribution in [3.8, 4) is 0 Å². The Kier molecular flexibility index (Phi) is 3.74. The fourth-order valence-electron chi connectivity index (χ4n) is 2.48. The molecular weight excluding hydrogens is 160 g/mol. The number of nitrogens with two attached hydrogens (primary N) is 1. The van der Waals surface area contributed by atoms with Crippen LogP contribution in [0.3, 0.4) is 0 Å². The van der Waals surface area contributed by atoms with E-state index >= 15 is 0 Å². The summed E-state index contributed by atoms with van der Waals surface area (Å²) in [6.07, 6.45) is 3.72. The molecule has 0 spiro atoms. The number of hydrogen-bond donors (Lipinski definition) is 1. The summed E-state index contributed by atoms with van der Waals surface area (Å²) >= 11 is 0. The van der Waals surface area contributed by atoms with Crippen LogP contribution in [0.2, 0.25) is 0 Å². The van der Waals surface area contributed by atoms with Gasteiger partial charge in [0.25, 0.3) is 0 Å². The van der Waals surface area contributed by atoms with E-state index in [1.165, 1.54) is 32.4 Å². The Bertz CT molecular complexity index is 144. The highest BCUT2D eigenvalue weighted by molar-refractivity contribution is 4.92. The molecule has 78 valence electrons. The molecule has 0 aromatic rings. The zero-order valence-electron chi connectivity index (χ0n) is 9.34. The van der Waals surface area contributed by atoms with Gasteiger partial charge in [0.15, 0.2) is 0 Å². The van der Waals surface area contributed by atoms with Crippen molar-refractivity contribution in [3.05, 3.63) is 0 Å². The summed E-state index contributed by atoms with van der Waals surface area (Å²) in [7, 11) is 0. The van der Waals surface area contributed by atoms with Crippen molar-refractivity contribution in [2.24, 2.45) is 11.7 Å². The second-order valence-corrected chi connectivity index (χ2v) is 4.48. The minimum absolute atomic E-state index is 0.296. The van der Waals surface area contributed by atoms with Crippen LogP contribution in [-0.2, 0) is 0 Å². The van der Waals surface area contributed by atoms with Crippen LogP contribution in [0.4, 0.5) is 0 Å². The summed E-state index contributed by atoms with van der Waals surface area (Å²) in [6, 6.07) is 0. The summed E-state index contributed by atoms with van der Waals surface area (Å²) < 4.78 is 0. The molecule has 1 aliphatic rings. The van der Waals surface area contributed by atoms with Crippen molar-refractivity contribution in [3.63, 3.8) is 0 Å². The lowest BCUT2D eigenvalue weighted by molar-refractivity contribution is 0.110. The Morgan fingerprint density at radius 1 is 1.38 bits per heavy atom. The molecule has 2 N–H and O–H groups in total. The monoisotopic (exact) mass is 184 g/mol. The topological polar surface area (TPSA) is 29.3 Å². The zero-order chi connectivity index (χ0) is 9.90. The van der Waals surface area contributed by atoms with Gasteiger partial charge in [-0.25, -0.2) is 0 Å². The highest BCUT2D eigenvalue weighted by Gasteiger charge is 2.35. The predicted molar refractivity (Wildman–Crippen MR) is 57.7 cm³/mol. The second kappa shape index (κ2) is 4.43. The van der Waals surface area contributed by atoms with E-state index in [2.05, 4.69) is 25.7 Å². The Hall–Kier alpha value is -0.0800. The predicted octanol–water partition coefficient (Wildman–Crippen LogP) is 1.85. The largest absolute Gasteiger partial charge is 0.329 e. The van der Waals surface area contributed by atoms with Gasteiger partial charge in [0.2, 0.25) is 0 Å². The average Bonchev–Trinajstić information content (AvgIpc) is 2.57. The van der Waals surface area contributed by atoms with Gasteiger partial charge in [-0.3, -0.25) is 4.90 Å². The van der Waals surface area contributed by atoms with E-state index in [9.17, 15) is 0 Å². The fourth-order valence-corrected chi connectivity index (χ4v) is 2.48. The molecule has 0 aromatic heterocycles. The lowest BCUT2D eigenvalue weighted by Gasteiger charge is -2.40. The first-order valence-corrected chi connectivity index (χ1v) is 5.63. The van der Waals surface area contributed by atoms with E-state index in [4.69, 9.17) is 5.73 Å². The lowest BCUT2D eigenvalue weighted by Crippen LogP contribution is -2.52. The third kappa shape index (κ3) is 2.05. The Morgan fingerprint density at radius 3 is 2.31 bits per heavy atom. The van der Waals surface area contributed by atoms with Crippen LogP contribution < -0.4 is 5.73 Å². The van der Waals surface area contributed by atoms with Crippen LogP contribution in [0.25, 0.3) is 0 Å². The summed E-state index contributed by atoms with van der Waals surface area (Å²) in [6.45, 7) is 10.2. The van der Waals surface area contributed by atoms with Crippen LogP contribution in [-0.4, -0.2) is 30.1 Å². The first-order chi connectivity index (χ1) is 6.18. The van der Waals surface area contributed by atoms with Gasteiger partial charge in [0.05, 0.1) is 0 Å². The first kappa shape index (κ1) is 11.0. The SMILES string of the molecule is CCC(CC)(CN)N1CCC(C)C1. The standard InChI is InChI=1S/C11H24N2/c1-4-11(5-2,9-12)13-7-6-10(3)8-13/h10H,4-9,12H2,1-3H3. The van der Waals surface area contributed by atoms with Crippen molar-refractivity contribution < 1.29 is 0 Å². The molecule has 1 saturated heterocycles. The smallest absolute Gasteiger partial charge is 0.0326 e. The van der Waals surface area contributed by atoms with Crippen molar-refractivity contribution in [2.75, 3.05) is 19.6 Å². The molecule has 1 rings (SSSR count). The van der Waals surface area contributed by atoms with Crippen molar-refractivity contribution >= 4 is 0 Å². The van der Waals surface area contributed by atoms with E-state index in [1.54, 1.807) is 0 Å². The molecule has 0 bridgehead atoms. The molecule has 0 aromatic carbocycles. The maximum absolute atomic E-state index is 5.91. The Balaban J connectivity index is 2.64. The van der Waals surface area contributed by atoms with Crippen molar-refractivity contribution in [1.82, 2.24) is 4.90 Å².